The van der Waals surface area contributed by atoms with Crippen molar-refractivity contribution in [2.45, 2.75) is 30.6 Å². The van der Waals surface area contributed by atoms with E-state index in [9.17, 15) is 0 Å². The number of hydrogen-bond acceptors (Lipinski definition) is 2. The fourth-order valence-electron chi connectivity index (χ4n) is 6.55. The third kappa shape index (κ3) is 4.77. The minimum absolute atomic E-state index is 1.09. The summed E-state index contributed by atoms with van der Waals surface area (Å²) in [5.74, 6) is 0. The van der Waals surface area contributed by atoms with Gasteiger partial charge in [0.15, 0.2) is 0 Å². The summed E-state index contributed by atoms with van der Waals surface area (Å²) in [5.41, 5.74) is 14.8. The van der Waals surface area contributed by atoms with E-state index in [1.54, 1.807) is 0 Å². The van der Waals surface area contributed by atoms with Crippen LogP contribution >= 0.6 is 23.1 Å². The molecule has 8 rings (SSSR count). The number of thiophene rings is 1. The Balaban J connectivity index is 1.17. The highest BCUT2D eigenvalue weighted by molar-refractivity contribution is 7.99. The minimum atomic E-state index is 1.09. The van der Waals surface area contributed by atoms with Crippen molar-refractivity contribution < 1.29 is 0 Å². The Kier molecular flexibility index (Phi) is 6.86. The van der Waals surface area contributed by atoms with Crippen molar-refractivity contribution in [3.63, 3.8) is 0 Å². The van der Waals surface area contributed by atoms with Crippen molar-refractivity contribution in [3.05, 3.63) is 156 Å². The van der Waals surface area contributed by atoms with Gasteiger partial charge in [0.2, 0.25) is 0 Å². The van der Waals surface area contributed by atoms with Gasteiger partial charge >= 0.3 is 0 Å². The number of benzene rings is 6. The van der Waals surface area contributed by atoms with E-state index in [-0.39, 0.29) is 0 Å². The lowest BCUT2D eigenvalue weighted by Gasteiger charge is -2.23. The summed E-state index contributed by atoms with van der Waals surface area (Å²) in [6, 6.07) is 44.9. The Morgan fingerprint density at radius 1 is 0.578 bits per heavy atom. The second-order valence-electron chi connectivity index (χ2n) is 11.9. The zero-order valence-electron chi connectivity index (χ0n) is 25.6. The maximum Gasteiger partial charge on any atom is 0.0355 e. The Hall–Kier alpha value is -4.63. The van der Waals surface area contributed by atoms with Gasteiger partial charge in [-0.1, -0.05) is 97.2 Å². The lowest BCUT2D eigenvalue weighted by Crippen LogP contribution is -1.99. The fourth-order valence-corrected chi connectivity index (χ4v) is 8.73. The van der Waals surface area contributed by atoms with E-state index < -0.39 is 0 Å². The average molecular weight is 613 g/mol. The largest absolute Gasteiger partial charge is 0.135 e. The van der Waals surface area contributed by atoms with Crippen molar-refractivity contribution in [2.75, 3.05) is 0 Å². The van der Waals surface area contributed by atoms with E-state index in [0.717, 1.165) is 5.57 Å². The summed E-state index contributed by atoms with van der Waals surface area (Å²) in [6.07, 6.45) is 2.19. The van der Waals surface area contributed by atoms with Crippen molar-refractivity contribution in [2.24, 2.45) is 0 Å². The first-order valence-electron chi connectivity index (χ1n) is 15.4. The Labute approximate surface area is 273 Å². The van der Waals surface area contributed by atoms with Crippen LogP contribution in [0.5, 0.6) is 0 Å². The van der Waals surface area contributed by atoms with Gasteiger partial charge in [-0.25, -0.2) is 0 Å². The quantitative estimate of drug-likeness (QED) is 0.190. The van der Waals surface area contributed by atoms with E-state index in [4.69, 9.17) is 0 Å². The lowest BCUT2D eigenvalue weighted by atomic mass is 9.89. The number of hydrogen-bond donors (Lipinski definition) is 0. The first-order chi connectivity index (χ1) is 22.0. The summed E-state index contributed by atoms with van der Waals surface area (Å²) in [4.78, 5) is 2.52. The van der Waals surface area contributed by atoms with Gasteiger partial charge in [0.05, 0.1) is 0 Å². The molecule has 0 amide bonds. The molecule has 216 valence electrons. The Bertz CT molecular complexity index is 2350. The number of fused-ring (bicyclic) bond motifs is 5. The molecule has 2 heterocycles. The van der Waals surface area contributed by atoms with Gasteiger partial charge in [-0.3, -0.25) is 0 Å². The molecule has 0 N–H and O–H groups in total. The molecule has 0 saturated carbocycles. The number of rotatable bonds is 4. The minimum Gasteiger partial charge on any atom is -0.135 e. The van der Waals surface area contributed by atoms with E-state index >= 15 is 0 Å². The maximum atomic E-state index is 4.65. The highest BCUT2D eigenvalue weighted by Gasteiger charge is 2.21. The lowest BCUT2D eigenvalue weighted by molar-refractivity contribution is 1.29. The molecular weight excluding hydrogens is 581 g/mol. The third-order valence-corrected chi connectivity index (χ3v) is 11.5. The highest BCUT2D eigenvalue weighted by Crippen LogP contribution is 2.47. The summed E-state index contributed by atoms with van der Waals surface area (Å²) in [6.45, 7) is 11.2. The molecule has 0 atom stereocenters. The van der Waals surface area contributed by atoms with Gasteiger partial charge < -0.3 is 0 Å². The molecule has 1 aliphatic heterocycles. The summed E-state index contributed by atoms with van der Waals surface area (Å²) < 4.78 is 2.67. The number of allylic oxidation sites excluding steroid dienone is 2. The maximum absolute atomic E-state index is 4.65. The Morgan fingerprint density at radius 2 is 1.16 bits per heavy atom. The SMILES string of the molecule is C=C1c2cc(-c3ccc(C)c(-c4ccccc4/C(C)=C\C)c3)ccc2Sc2ccc(-c3ccc4sc5ccccc5c4c3)cc21. The first-order valence-corrected chi connectivity index (χ1v) is 17.0. The summed E-state index contributed by atoms with van der Waals surface area (Å²) in [5, 5.41) is 2.66. The molecule has 45 heavy (non-hydrogen) atoms. The predicted molar refractivity (Wildman–Crippen MR) is 198 cm³/mol. The Morgan fingerprint density at radius 3 is 1.89 bits per heavy atom. The van der Waals surface area contributed by atoms with Crippen molar-refractivity contribution in [3.8, 4) is 33.4 Å². The molecule has 6 aromatic carbocycles. The molecule has 0 aliphatic carbocycles. The third-order valence-electron chi connectivity index (χ3n) is 9.19. The summed E-state index contributed by atoms with van der Waals surface area (Å²) >= 11 is 3.71. The van der Waals surface area contributed by atoms with E-state index in [1.807, 2.05) is 23.1 Å². The van der Waals surface area contributed by atoms with Crippen LogP contribution < -0.4 is 0 Å². The highest BCUT2D eigenvalue weighted by atomic mass is 32.2. The van der Waals surface area contributed by atoms with Gasteiger partial charge in [-0.05, 0) is 136 Å². The molecule has 0 fully saturated rings. The van der Waals surface area contributed by atoms with Crippen LogP contribution in [0.1, 0.15) is 36.1 Å². The zero-order chi connectivity index (χ0) is 30.7. The molecular formula is C43H32S2. The van der Waals surface area contributed by atoms with Crippen molar-refractivity contribution >= 4 is 54.4 Å². The van der Waals surface area contributed by atoms with Gasteiger partial charge in [-0.2, -0.15) is 0 Å². The predicted octanol–water partition coefficient (Wildman–Crippen LogP) is 13.3. The molecule has 0 bridgehead atoms. The molecule has 0 unspecified atom stereocenters. The second kappa shape index (κ2) is 11.1. The molecule has 7 aromatic rings. The molecule has 0 saturated heterocycles. The molecule has 0 nitrogen and oxygen atoms in total. The normalized spacial score (nSPS) is 12.9. The first kappa shape index (κ1) is 27.9. The van der Waals surface area contributed by atoms with Crippen LogP contribution in [0.4, 0.5) is 0 Å². The van der Waals surface area contributed by atoms with E-state index in [2.05, 4.69) is 155 Å². The van der Waals surface area contributed by atoms with Crippen LogP contribution in [0.25, 0.3) is 64.7 Å². The van der Waals surface area contributed by atoms with Gasteiger partial charge in [0, 0.05) is 30.0 Å². The topological polar surface area (TPSA) is 0 Å². The zero-order valence-corrected chi connectivity index (χ0v) is 27.3. The van der Waals surface area contributed by atoms with Crippen LogP contribution in [0.2, 0.25) is 0 Å². The average Bonchev–Trinajstić information content (AvgIpc) is 3.46. The van der Waals surface area contributed by atoms with Gasteiger partial charge in [0.1, 0.15) is 0 Å². The standard InChI is InChI=1S/C43H32S2/c1-5-26(2)33-10-6-7-11-34(33)36-22-29(15-14-27(36)3)30-16-19-41-37(23-30)28(4)38-24-31(17-20-42(38)45-41)32-18-21-43-39(25-32)35-12-8-9-13-40(35)44-43/h5-25H,4H2,1-3H3/b26-5-. The molecule has 1 aliphatic rings. The molecule has 2 heteroatoms. The molecule has 0 radical (unpaired) electrons. The smallest absolute Gasteiger partial charge is 0.0355 e. The van der Waals surface area contributed by atoms with Crippen LogP contribution in [-0.4, -0.2) is 0 Å². The van der Waals surface area contributed by atoms with Gasteiger partial charge in [-0.15, -0.1) is 11.3 Å². The monoisotopic (exact) mass is 612 g/mol. The van der Waals surface area contributed by atoms with Crippen molar-refractivity contribution in [1.82, 2.24) is 0 Å². The molecule has 0 spiro atoms. The van der Waals surface area contributed by atoms with Gasteiger partial charge in [0.25, 0.3) is 0 Å². The second-order valence-corrected chi connectivity index (χ2v) is 14.0. The molecule has 1 aromatic heterocycles. The summed E-state index contributed by atoms with van der Waals surface area (Å²) in [7, 11) is 0. The van der Waals surface area contributed by atoms with Crippen LogP contribution in [-0.2, 0) is 0 Å². The number of aryl methyl sites for hydroxylation is 1. The van der Waals surface area contributed by atoms with Crippen LogP contribution in [0, 0.1) is 6.92 Å². The van der Waals surface area contributed by atoms with Crippen LogP contribution in [0.3, 0.4) is 0 Å². The van der Waals surface area contributed by atoms with E-state index in [1.165, 1.54) is 91.2 Å². The fraction of sp³-hybridized carbons (Fsp3) is 0.0698. The van der Waals surface area contributed by atoms with E-state index in [0.29, 0.717) is 0 Å². The van der Waals surface area contributed by atoms with Crippen LogP contribution in [0.15, 0.2) is 144 Å². The van der Waals surface area contributed by atoms with Crippen molar-refractivity contribution in [1.29, 1.82) is 0 Å².